The largest absolute Gasteiger partial charge is 0.497 e. The lowest BCUT2D eigenvalue weighted by molar-refractivity contribution is -0.140. The van der Waals surface area contributed by atoms with Gasteiger partial charge in [-0.25, -0.2) is 4.79 Å². The first kappa shape index (κ1) is 29.3. The highest BCUT2D eigenvalue weighted by Crippen LogP contribution is 2.23. The van der Waals surface area contributed by atoms with Crippen LogP contribution in [0.4, 0.5) is 4.79 Å². The van der Waals surface area contributed by atoms with Gasteiger partial charge in [0.05, 0.1) is 25.9 Å². The molecule has 3 rings (SSSR count). The first-order valence-electron chi connectivity index (χ1n) is 12.8. The van der Waals surface area contributed by atoms with Crippen molar-refractivity contribution in [2.24, 2.45) is 0 Å². The van der Waals surface area contributed by atoms with Gasteiger partial charge >= 0.3 is 6.09 Å². The van der Waals surface area contributed by atoms with Gasteiger partial charge in [0.2, 0.25) is 11.8 Å². The average Bonchev–Trinajstić information content (AvgIpc) is 3.40. The Balaban J connectivity index is 1.74. The number of likely N-dealkylation sites (tertiary alicyclic amines) is 1. The molecule has 2 aromatic carbocycles. The third-order valence-corrected chi connectivity index (χ3v) is 6.30. The molecule has 0 radical (unpaired) electrons. The minimum atomic E-state index is -0.930. The molecule has 3 amide bonds. The Hall–Kier alpha value is -4.26. The summed E-state index contributed by atoms with van der Waals surface area (Å²) in [5.74, 6) is 0.518. The van der Waals surface area contributed by atoms with E-state index in [1.165, 1.54) is 12.0 Å². The number of amides is 3. The summed E-state index contributed by atoms with van der Waals surface area (Å²) in [7, 11) is 3.07. The van der Waals surface area contributed by atoms with Gasteiger partial charge in [0, 0.05) is 25.1 Å². The number of hydrogen-bond acceptors (Lipinski definition) is 7. The Bertz CT molecular complexity index is 1220. The van der Waals surface area contributed by atoms with Crippen LogP contribution in [0.25, 0.3) is 0 Å². The second kappa shape index (κ2) is 13.0. The summed E-state index contributed by atoms with van der Waals surface area (Å²) in [5, 5.41) is 14.7. The van der Waals surface area contributed by atoms with Gasteiger partial charge in [0.25, 0.3) is 0 Å². The number of rotatable bonds is 9. The molecule has 1 aliphatic heterocycles. The predicted molar refractivity (Wildman–Crippen MR) is 144 cm³/mol. The first-order valence-corrected chi connectivity index (χ1v) is 12.8. The molecule has 10 heteroatoms. The van der Waals surface area contributed by atoms with Crippen LogP contribution in [0.3, 0.4) is 0 Å². The zero-order valence-corrected chi connectivity index (χ0v) is 23.1. The summed E-state index contributed by atoms with van der Waals surface area (Å²) in [5.41, 5.74) is 1.25. The van der Waals surface area contributed by atoms with Crippen LogP contribution in [-0.4, -0.2) is 61.3 Å². The van der Waals surface area contributed by atoms with E-state index in [1.807, 2.05) is 12.1 Å². The molecular formula is C29H36N4O6. The van der Waals surface area contributed by atoms with Gasteiger partial charge < -0.3 is 29.7 Å². The number of nitriles is 1. The van der Waals surface area contributed by atoms with Crippen molar-refractivity contribution in [1.29, 1.82) is 5.26 Å². The molecule has 1 heterocycles. The Morgan fingerprint density at radius 2 is 1.82 bits per heavy atom. The van der Waals surface area contributed by atoms with Gasteiger partial charge in [-0.1, -0.05) is 18.2 Å². The molecule has 1 saturated heterocycles. The quantitative estimate of drug-likeness (QED) is 0.503. The topological polar surface area (TPSA) is 130 Å². The van der Waals surface area contributed by atoms with E-state index in [0.29, 0.717) is 42.0 Å². The van der Waals surface area contributed by atoms with Gasteiger partial charge in [0.1, 0.15) is 29.2 Å². The fourth-order valence-corrected chi connectivity index (χ4v) is 4.41. The van der Waals surface area contributed by atoms with Crippen molar-refractivity contribution in [1.82, 2.24) is 15.5 Å². The number of alkyl carbamates (subject to hydrolysis) is 1. The minimum absolute atomic E-state index is 0.178. The molecule has 1 fully saturated rings. The number of nitrogens with zero attached hydrogens (tertiary/aromatic N) is 2. The third-order valence-electron chi connectivity index (χ3n) is 6.30. The van der Waals surface area contributed by atoms with E-state index in [-0.39, 0.29) is 24.8 Å². The number of hydrogen-bond donors (Lipinski definition) is 2. The smallest absolute Gasteiger partial charge is 0.408 e. The number of carbonyl (C=O) groups excluding carboxylic acids is 3. The Labute approximate surface area is 229 Å². The van der Waals surface area contributed by atoms with Gasteiger partial charge in [0.15, 0.2) is 0 Å². The number of methoxy groups -OCH3 is 2. The van der Waals surface area contributed by atoms with Gasteiger partial charge in [-0.2, -0.15) is 5.26 Å². The zero-order chi connectivity index (χ0) is 28.6. The maximum Gasteiger partial charge on any atom is 0.408 e. The highest BCUT2D eigenvalue weighted by Gasteiger charge is 2.38. The summed E-state index contributed by atoms with van der Waals surface area (Å²) < 4.78 is 16.0. The Morgan fingerprint density at radius 3 is 2.44 bits per heavy atom. The molecule has 2 N–H and O–H groups in total. The predicted octanol–water partition coefficient (Wildman–Crippen LogP) is 3.32. The van der Waals surface area contributed by atoms with E-state index in [1.54, 1.807) is 58.2 Å². The van der Waals surface area contributed by atoms with Crippen molar-refractivity contribution < 1.29 is 28.6 Å². The zero-order valence-electron chi connectivity index (χ0n) is 23.1. The van der Waals surface area contributed by atoms with Crippen LogP contribution in [0.1, 0.15) is 50.3 Å². The lowest BCUT2D eigenvalue weighted by Gasteiger charge is -2.29. The number of ether oxygens (including phenoxy) is 3. The van der Waals surface area contributed by atoms with Gasteiger partial charge in [-0.3, -0.25) is 9.59 Å². The van der Waals surface area contributed by atoms with Crippen molar-refractivity contribution in [2.75, 3.05) is 20.8 Å². The lowest BCUT2D eigenvalue weighted by atomic mass is 10.0. The van der Waals surface area contributed by atoms with E-state index in [2.05, 4.69) is 16.7 Å². The highest BCUT2D eigenvalue weighted by atomic mass is 16.6. The molecule has 0 aromatic heterocycles. The molecule has 0 aliphatic carbocycles. The molecule has 0 bridgehead atoms. The van der Waals surface area contributed by atoms with Gasteiger partial charge in [-0.05, 0) is 63.4 Å². The molecule has 208 valence electrons. The minimum Gasteiger partial charge on any atom is -0.497 e. The third kappa shape index (κ3) is 8.11. The highest BCUT2D eigenvalue weighted by molar-refractivity contribution is 5.92. The SMILES string of the molecule is COc1ccc(C[C@H](NC(=O)OC(C)(C)C)C(=O)N2CCC[C@H]2C(=O)NCc2ccc(C#N)cc2OC)cc1. The molecule has 2 aromatic rings. The fourth-order valence-electron chi connectivity index (χ4n) is 4.41. The van der Waals surface area contributed by atoms with Crippen molar-refractivity contribution in [3.8, 4) is 17.6 Å². The maximum atomic E-state index is 13.7. The summed E-state index contributed by atoms with van der Waals surface area (Å²) in [6.45, 7) is 5.81. The van der Waals surface area contributed by atoms with E-state index in [9.17, 15) is 14.4 Å². The maximum absolute atomic E-state index is 13.7. The Morgan fingerprint density at radius 1 is 1.10 bits per heavy atom. The number of benzene rings is 2. The molecule has 0 spiro atoms. The second-order valence-corrected chi connectivity index (χ2v) is 10.3. The lowest BCUT2D eigenvalue weighted by Crippen LogP contribution is -2.54. The summed E-state index contributed by atoms with van der Waals surface area (Å²) in [6, 6.07) is 12.7. The fraction of sp³-hybridized carbons (Fsp3) is 0.448. The van der Waals surface area contributed by atoms with Crippen LogP contribution in [0, 0.1) is 11.3 Å². The van der Waals surface area contributed by atoms with Gasteiger partial charge in [-0.15, -0.1) is 0 Å². The standard InChI is InChI=1S/C29H36N4O6/c1-29(2,3)39-28(36)32-23(15-19-9-12-22(37-4)13-10-19)27(35)33-14-6-7-24(33)26(34)31-18-21-11-8-20(17-30)16-25(21)38-5/h8-13,16,23-24H,6-7,14-15,18H2,1-5H3,(H,31,34)(H,32,36)/t23-,24-/m0/s1. The molecule has 0 unspecified atom stereocenters. The number of carbonyl (C=O) groups is 3. The van der Waals surface area contributed by atoms with Crippen LogP contribution in [0.5, 0.6) is 11.5 Å². The summed E-state index contributed by atoms with van der Waals surface area (Å²) in [4.78, 5) is 41.1. The van der Waals surface area contributed by atoms with Crippen molar-refractivity contribution in [3.63, 3.8) is 0 Å². The van der Waals surface area contributed by atoms with E-state index in [4.69, 9.17) is 19.5 Å². The molecular weight excluding hydrogens is 500 g/mol. The molecule has 39 heavy (non-hydrogen) atoms. The van der Waals surface area contributed by atoms with Crippen LogP contribution >= 0.6 is 0 Å². The first-order chi connectivity index (χ1) is 18.5. The monoisotopic (exact) mass is 536 g/mol. The number of nitrogens with one attached hydrogen (secondary N) is 2. The van der Waals surface area contributed by atoms with E-state index < -0.39 is 23.8 Å². The molecule has 0 saturated carbocycles. The van der Waals surface area contributed by atoms with E-state index >= 15 is 0 Å². The second-order valence-electron chi connectivity index (χ2n) is 10.3. The summed E-state index contributed by atoms with van der Waals surface area (Å²) in [6.07, 6.45) is 0.674. The average molecular weight is 537 g/mol. The Kier molecular flexibility index (Phi) is 9.77. The van der Waals surface area contributed by atoms with Crippen molar-refractivity contribution >= 4 is 17.9 Å². The van der Waals surface area contributed by atoms with Crippen LogP contribution in [-0.2, 0) is 27.3 Å². The molecule has 2 atom stereocenters. The van der Waals surface area contributed by atoms with Crippen LogP contribution < -0.4 is 20.1 Å². The normalized spacial score (nSPS) is 15.6. The molecule has 10 nitrogen and oxygen atoms in total. The van der Waals surface area contributed by atoms with Crippen molar-refractivity contribution in [2.45, 2.75) is 64.3 Å². The van der Waals surface area contributed by atoms with Crippen LogP contribution in [0.15, 0.2) is 42.5 Å². The summed E-state index contributed by atoms with van der Waals surface area (Å²) >= 11 is 0. The van der Waals surface area contributed by atoms with Crippen molar-refractivity contribution in [3.05, 3.63) is 59.2 Å². The molecule has 1 aliphatic rings. The van der Waals surface area contributed by atoms with E-state index in [0.717, 1.165) is 5.56 Å². The van der Waals surface area contributed by atoms with Crippen LogP contribution in [0.2, 0.25) is 0 Å².